The van der Waals surface area contributed by atoms with E-state index in [1.54, 1.807) is 0 Å². The molecule has 100 valence electrons. The Kier molecular flexibility index (Phi) is 4.86. The number of rotatable bonds is 5. The molecule has 1 aromatic carbocycles. The van der Waals surface area contributed by atoms with Crippen LogP contribution in [0.5, 0.6) is 5.75 Å². The predicted molar refractivity (Wildman–Crippen MR) is 78.1 cm³/mol. The number of hydrogen-bond acceptors (Lipinski definition) is 5. The number of ether oxygens (including phenoxy) is 1. The van der Waals surface area contributed by atoms with Gasteiger partial charge in [-0.15, -0.1) is 5.10 Å². The number of benzene rings is 1. The summed E-state index contributed by atoms with van der Waals surface area (Å²) >= 11 is 4.47. The van der Waals surface area contributed by atoms with Crippen molar-refractivity contribution >= 4 is 39.1 Å². The monoisotopic (exact) mass is 341 g/mol. The molecule has 1 N–H and O–H groups in total. The third kappa shape index (κ3) is 3.51. The van der Waals surface area contributed by atoms with E-state index in [4.69, 9.17) is 4.74 Å². The number of halogens is 1. The molecule has 0 aliphatic carbocycles. The third-order valence-electron chi connectivity index (χ3n) is 2.35. The molecule has 0 bridgehead atoms. The van der Waals surface area contributed by atoms with Crippen LogP contribution in [0.2, 0.25) is 0 Å². The first-order valence-corrected chi connectivity index (χ1v) is 7.54. The van der Waals surface area contributed by atoms with Crippen molar-refractivity contribution in [3.05, 3.63) is 34.8 Å². The number of alkyl halides is 1. The zero-order valence-corrected chi connectivity index (χ0v) is 12.6. The van der Waals surface area contributed by atoms with Crippen LogP contribution in [0.25, 0.3) is 0 Å². The van der Waals surface area contributed by atoms with E-state index in [9.17, 15) is 4.79 Å². The number of aromatic nitrogens is 2. The van der Waals surface area contributed by atoms with Gasteiger partial charge in [-0.3, -0.25) is 4.79 Å². The number of carbonyl (C=O) groups is 1. The Balaban J connectivity index is 2.15. The van der Waals surface area contributed by atoms with Gasteiger partial charge in [0.1, 0.15) is 10.6 Å². The fourth-order valence-corrected chi connectivity index (χ4v) is 2.37. The lowest BCUT2D eigenvalue weighted by Crippen LogP contribution is -2.10. The standard InChI is InChI=1S/C12H12BrN3O2S/c1-2-18-10-4-3-9(5-8(10)6-13)15-12(17)11-7-14-16-19-11/h3-5,7H,2,6H2,1H3,(H,15,17). The molecule has 0 atom stereocenters. The van der Waals surface area contributed by atoms with Crippen molar-refractivity contribution in [1.82, 2.24) is 9.59 Å². The van der Waals surface area contributed by atoms with E-state index in [0.717, 1.165) is 28.5 Å². The van der Waals surface area contributed by atoms with Gasteiger partial charge in [-0.05, 0) is 36.7 Å². The van der Waals surface area contributed by atoms with Crippen molar-refractivity contribution in [3.63, 3.8) is 0 Å². The highest BCUT2D eigenvalue weighted by atomic mass is 79.9. The number of hydrogen-bond donors (Lipinski definition) is 1. The summed E-state index contributed by atoms with van der Waals surface area (Å²) in [6, 6.07) is 5.54. The van der Waals surface area contributed by atoms with Crippen LogP contribution in [0.1, 0.15) is 22.2 Å². The Hall–Kier alpha value is -1.47. The van der Waals surface area contributed by atoms with Gasteiger partial charge in [0.05, 0.1) is 12.8 Å². The summed E-state index contributed by atoms with van der Waals surface area (Å²) in [6.45, 7) is 2.54. The maximum Gasteiger partial charge on any atom is 0.269 e. The molecule has 0 aliphatic rings. The summed E-state index contributed by atoms with van der Waals surface area (Å²) < 4.78 is 9.16. The van der Waals surface area contributed by atoms with Gasteiger partial charge in [0.15, 0.2) is 0 Å². The minimum absolute atomic E-state index is 0.209. The van der Waals surface area contributed by atoms with E-state index in [1.807, 2.05) is 25.1 Å². The minimum Gasteiger partial charge on any atom is -0.494 e. The molecule has 0 saturated carbocycles. The molecular weight excluding hydrogens is 330 g/mol. The Bertz CT molecular complexity index is 560. The predicted octanol–water partition coefficient (Wildman–Crippen LogP) is 3.08. The molecule has 7 heteroatoms. The van der Waals surface area contributed by atoms with Crippen molar-refractivity contribution in [2.24, 2.45) is 0 Å². The molecule has 19 heavy (non-hydrogen) atoms. The quantitative estimate of drug-likeness (QED) is 0.848. The normalized spacial score (nSPS) is 10.2. The summed E-state index contributed by atoms with van der Waals surface area (Å²) in [5.41, 5.74) is 1.71. The molecule has 5 nitrogen and oxygen atoms in total. The number of nitrogens with zero attached hydrogens (tertiary/aromatic N) is 2. The van der Waals surface area contributed by atoms with E-state index in [0.29, 0.717) is 16.8 Å². The lowest BCUT2D eigenvalue weighted by molar-refractivity contribution is 0.103. The van der Waals surface area contributed by atoms with Crippen LogP contribution in [0.15, 0.2) is 24.4 Å². The molecule has 0 radical (unpaired) electrons. The van der Waals surface area contributed by atoms with Crippen LogP contribution in [-0.2, 0) is 5.33 Å². The average Bonchev–Trinajstić information content (AvgIpc) is 2.94. The summed E-state index contributed by atoms with van der Waals surface area (Å²) in [5.74, 6) is 0.608. The Morgan fingerprint density at radius 3 is 3.00 bits per heavy atom. The Morgan fingerprint density at radius 1 is 1.53 bits per heavy atom. The highest BCUT2D eigenvalue weighted by molar-refractivity contribution is 9.08. The smallest absolute Gasteiger partial charge is 0.269 e. The van der Waals surface area contributed by atoms with Crippen molar-refractivity contribution in [1.29, 1.82) is 0 Å². The summed E-state index contributed by atoms with van der Waals surface area (Å²) in [4.78, 5) is 12.3. The minimum atomic E-state index is -0.209. The second-order valence-electron chi connectivity index (χ2n) is 3.63. The van der Waals surface area contributed by atoms with Crippen LogP contribution in [0, 0.1) is 0 Å². The number of carbonyl (C=O) groups excluding carboxylic acids is 1. The van der Waals surface area contributed by atoms with Gasteiger partial charge in [-0.25, -0.2) is 0 Å². The number of anilines is 1. The van der Waals surface area contributed by atoms with Gasteiger partial charge in [0.25, 0.3) is 5.91 Å². The summed E-state index contributed by atoms with van der Waals surface area (Å²) in [7, 11) is 0. The van der Waals surface area contributed by atoms with Gasteiger partial charge < -0.3 is 10.1 Å². The van der Waals surface area contributed by atoms with Crippen LogP contribution in [0.3, 0.4) is 0 Å². The molecule has 1 heterocycles. The fourth-order valence-electron chi connectivity index (χ4n) is 1.52. The molecule has 1 aromatic heterocycles. The zero-order chi connectivity index (χ0) is 13.7. The number of nitrogens with one attached hydrogen (secondary N) is 1. The maximum atomic E-state index is 11.9. The molecule has 0 spiro atoms. The zero-order valence-electron chi connectivity index (χ0n) is 10.2. The SMILES string of the molecule is CCOc1ccc(NC(=O)c2cnns2)cc1CBr. The second-order valence-corrected chi connectivity index (χ2v) is 4.97. The topological polar surface area (TPSA) is 64.1 Å². The van der Waals surface area contributed by atoms with Crippen molar-refractivity contribution in [3.8, 4) is 5.75 Å². The summed E-state index contributed by atoms with van der Waals surface area (Å²) in [5, 5.41) is 7.10. The van der Waals surface area contributed by atoms with E-state index in [1.165, 1.54) is 6.20 Å². The summed E-state index contributed by atoms with van der Waals surface area (Å²) in [6.07, 6.45) is 1.44. The number of amides is 1. The van der Waals surface area contributed by atoms with Gasteiger partial charge in [0, 0.05) is 16.6 Å². The first-order valence-electron chi connectivity index (χ1n) is 5.65. The lowest BCUT2D eigenvalue weighted by Gasteiger charge is -2.10. The molecular formula is C12H12BrN3O2S. The van der Waals surface area contributed by atoms with Crippen molar-refractivity contribution in [2.75, 3.05) is 11.9 Å². The largest absolute Gasteiger partial charge is 0.494 e. The maximum absolute atomic E-state index is 11.9. The molecule has 2 rings (SSSR count). The van der Waals surface area contributed by atoms with Crippen LogP contribution in [0.4, 0.5) is 5.69 Å². The van der Waals surface area contributed by atoms with Gasteiger partial charge >= 0.3 is 0 Å². The van der Waals surface area contributed by atoms with E-state index in [2.05, 4.69) is 30.8 Å². The van der Waals surface area contributed by atoms with Crippen LogP contribution in [-0.4, -0.2) is 22.1 Å². The fraction of sp³-hybridized carbons (Fsp3) is 0.250. The van der Waals surface area contributed by atoms with Gasteiger partial charge in [-0.2, -0.15) is 0 Å². The molecule has 0 unspecified atom stereocenters. The third-order valence-corrected chi connectivity index (χ3v) is 3.61. The van der Waals surface area contributed by atoms with Crippen LogP contribution < -0.4 is 10.1 Å². The molecule has 1 amide bonds. The highest BCUT2D eigenvalue weighted by Gasteiger charge is 2.10. The van der Waals surface area contributed by atoms with Crippen molar-refractivity contribution in [2.45, 2.75) is 12.3 Å². The second kappa shape index (κ2) is 6.63. The molecule has 0 fully saturated rings. The van der Waals surface area contributed by atoms with E-state index >= 15 is 0 Å². The van der Waals surface area contributed by atoms with Crippen molar-refractivity contribution < 1.29 is 9.53 Å². The highest BCUT2D eigenvalue weighted by Crippen LogP contribution is 2.25. The van der Waals surface area contributed by atoms with Gasteiger partial charge in [-0.1, -0.05) is 20.4 Å². The Morgan fingerprint density at radius 2 is 2.37 bits per heavy atom. The molecule has 0 aliphatic heterocycles. The molecule has 2 aromatic rings. The van der Waals surface area contributed by atoms with E-state index < -0.39 is 0 Å². The first-order chi connectivity index (χ1) is 9.24. The first kappa shape index (κ1) is 14.0. The van der Waals surface area contributed by atoms with Crippen LogP contribution >= 0.6 is 27.5 Å². The lowest BCUT2D eigenvalue weighted by atomic mass is 10.2. The van der Waals surface area contributed by atoms with Gasteiger partial charge in [0.2, 0.25) is 0 Å². The Labute approximate surface area is 123 Å². The molecule has 0 saturated heterocycles. The van der Waals surface area contributed by atoms with E-state index in [-0.39, 0.29) is 5.91 Å². The average molecular weight is 342 g/mol.